The fourth-order valence-electron chi connectivity index (χ4n) is 1.83. The number of nitrogens with two attached hydrogens (primary N) is 1. The molecule has 2 N–H and O–H groups in total. The van der Waals surface area contributed by atoms with Crippen LogP contribution < -0.4 is 15.2 Å². The van der Waals surface area contributed by atoms with Crippen LogP contribution in [0.15, 0.2) is 18.2 Å². The first-order chi connectivity index (χ1) is 9.04. The predicted octanol–water partition coefficient (Wildman–Crippen LogP) is 0.404. The quantitative estimate of drug-likeness (QED) is 0.796. The molecule has 1 atom stereocenters. The normalized spacial score (nSPS) is 14.1. The zero-order valence-electron chi connectivity index (χ0n) is 10.9. The maximum atomic E-state index is 12.3. The van der Waals surface area contributed by atoms with Crippen LogP contribution in [-0.4, -0.2) is 43.0 Å². The molecular formula is C13H16N2O4. The standard InChI is InChI=1S/C13H16N2O4/c1-8(15(2)12(16)6-14)13(17)9-3-4-10-11(5-9)19-7-18-10/h3-5,8H,6-7,14H2,1-2H3/t8-/m0/s1. The summed E-state index contributed by atoms with van der Waals surface area (Å²) in [5.74, 6) is 0.727. The van der Waals surface area contributed by atoms with Gasteiger partial charge in [0.05, 0.1) is 12.6 Å². The lowest BCUT2D eigenvalue weighted by Gasteiger charge is -2.23. The minimum absolute atomic E-state index is 0.116. The van der Waals surface area contributed by atoms with Crippen LogP contribution in [-0.2, 0) is 4.79 Å². The molecule has 1 aliphatic rings. The van der Waals surface area contributed by atoms with Crippen molar-refractivity contribution < 1.29 is 19.1 Å². The Labute approximate surface area is 111 Å². The van der Waals surface area contributed by atoms with Crippen molar-refractivity contribution >= 4 is 11.7 Å². The first-order valence-corrected chi connectivity index (χ1v) is 5.94. The van der Waals surface area contributed by atoms with Crippen LogP contribution in [0.5, 0.6) is 11.5 Å². The lowest BCUT2D eigenvalue weighted by atomic mass is 10.0. The summed E-state index contributed by atoms with van der Waals surface area (Å²) in [6, 6.07) is 4.40. The molecule has 0 fully saturated rings. The number of fused-ring (bicyclic) bond motifs is 1. The van der Waals surface area contributed by atoms with Gasteiger partial charge >= 0.3 is 0 Å². The highest BCUT2D eigenvalue weighted by Crippen LogP contribution is 2.32. The number of hydrogen-bond acceptors (Lipinski definition) is 5. The second-order valence-corrected chi connectivity index (χ2v) is 4.32. The van der Waals surface area contributed by atoms with E-state index in [1.54, 1.807) is 32.2 Å². The summed E-state index contributed by atoms with van der Waals surface area (Å²) < 4.78 is 10.4. The molecule has 0 radical (unpaired) electrons. The number of ether oxygens (including phenoxy) is 2. The zero-order chi connectivity index (χ0) is 14.0. The van der Waals surface area contributed by atoms with Crippen LogP contribution in [0.2, 0.25) is 0 Å². The van der Waals surface area contributed by atoms with Crippen LogP contribution in [0.3, 0.4) is 0 Å². The third-order valence-electron chi connectivity index (χ3n) is 3.19. The van der Waals surface area contributed by atoms with Crippen molar-refractivity contribution in [1.29, 1.82) is 0 Å². The van der Waals surface area contributed by atoms with Crippen molar-refractivity contribution in [2.45, 2.75) is 13.0 Å². The monoisotopic (exact) mass is 264 g/mol. The van der Waals surface area contributed by atoms with Gasteiger partial charge in [-0.1, -0.05) is 0 Å². The van der Waals surface area contributed by atoms with Gasteiger partial charge in [-0.3, -0.25) is 9.59 Å². The van der Waals surface area contributed by atoms with Crippen LogP contribution >= 0.6 is 0 Å². The Kier molecular flexibility index (Phi) is 3.71. The largest absolute Gasteiger partial charge is 0.454 e. The van der Waals surface area contributed by atoms with E-state index in [1.165, 1.54) is 4.90 Å². The van der Waals surface area contributed by atoms with Gasteiger partial charge in [-0.05, 0) is 25.1 Å². The van der Waals surface area contributed by atoms with E-state index in [0.717, 1.165) is 0 Å². The summed E-state index contributed by atoms with van der Waals surface area (Å²) in [4.78, 5) is 25.1. The maximum Gasteiger partial charge on any atom is 0.236 e. The highest BCUT2D eigenvalue weighted by molar-refractivity contribution is 6.02. The van der Waals surface area contributed by atoms with Crippen LogP contribution in [0.4, 0.5) is 0 Å². The van der Waals surface area contributed by atoms with E-state index < -0.39 is 6.04 Å². The molecule has 1 aromatic rings. The highest BCUT2D eigenvalue weighted by Gasteiger charge is 2.24. The van der Waals surface area contributed by atoms with Crippen molar-refractivity contribution in [3.05, 3.63) is 23.8 Å². The van der Waals surface area contributed by atoms with Crippen molar-refractivity contribution in [3.8, 4) is 11.5 Å². The Bertz CT molecular complexity index is 515. The second-order valence-electron chi connectivity index (χ2n) is 4.32. The lowest BCUT2D eigenvalue weighted by Crippen LogP contribution is -2.43. The lowest BCUT2D eigenvalue weighted by molar-refractivity contribution is -0.129. The van der Waals surface area contributed by atoms with Gasteiger partial charge < -0.3 is 20.1 Å². The molecule has 19 heavy (non-hydrogen) atoms. The number of ketones is 1. The first-order valence-electron chi connectivity index (χ1n) is 5.94. The molecule has 6 nitrogen and oxygen atoms in total. The Hall–Kier alpha value is -2.08. The van der Waals surface area contributed by atoms with E-state index in [1.807, 2.05) is 0 Å². The van der Waals surface area contributed by atoms with Crippen molar-refractivity contribution in [2.24, 2.45) is 5.73 Å². The average molecular weight is 264 g/mol. The van der Waals surface area contributed by atoms with E-state index >= 15 is 0 Å². The number of nitrogens with zero attached hydrogens (tertiary/aromatic N) is 1. The third kappa shape index (κ3) is 2.53. The summed E-state index contributed by atoms with van der Waals surface area (Å²) in [5.41, 5.74) is 5.76. The molecule has 0 bridgehead atoms. The maximum absolute atomic E-state index is 12.3. The van der Waals surface area contributed by atoms with E-state index in [2.05, 4.69) is 0 Å². The number of likely N-dealkylation sites (N-methyl/N-ethyl adjacent to an activating group) is 1. The number of Topliss-reactive ketones (excluding diaryl/α,β-unsaturated/α-hetero) is 1. The Balaban J connectivity index is 2.17. The smallest absolute Gasteiger partial charge is 0.236 e. The van der Waals surface area contributed by atoms with Crippen molar-refractivity contribution in [1.82, 2.24) is 4.90 Å². The van der Waals surface area contributed by atoms with Gasteiger partial charge in [-0.2, -0.15) is 0 Å². The van der Waals surface area contributed by atoms with Crippen LogP contribution in [0, 0.1) is 0 Å². The summed E-state index contributed by atoms with van der Waals surface area (Å²) in [6.45, 7) is 1.71. The van der Waals surface area contributed by atoms with Gasteiger partial charge in [0.25, 0.3) is 0 Å². The second kappa shape index (κ2) is 5.27. The topological polar surface area (TPSA) is 81.9 Å². The molecule has 0 aromatic heterocycles. The fourth-order valence-corrected chi connectivity index (χ4v) is 1.83. The van der Waals surface area contributed by atoms with Crippen molar-refractivity contribution in [3.63, 3.8) is 0 Å². The van der Waals surface area contributed by atoms with Gasteiger partial charge in [-0.15, -0.1) is 0 Å². The SMILES string of the molecule is C[C@@H](C(=O)c1ccc2c(c1)OCO2)N(C)C(=O)CN. The van der Waals surface area contributed by atoms with Gasteiger partial charge in [0.1, 0.15) is 0 Å². The highest BCUT2D eigenvalue weighted by atomic mass is 16.7. The van der Waals surface area contributed by atoms with E-state index in [0.29, 0.717) is 17.1 Å². The molecule has 6 heteroatoms. The summed E-state index contributed by atoms with van der Waals surface area (Å²) in [5, 5.41) is 0. The van der Waals surface area contributed by atoms with E-state index in [4.69, 9.17) is 15.2 Å². The first kappa shape index (κ1) is 13.4. The van der Waals surface area contributed by atoms with Gasteiger partial charge in [-0.25, -0.2) is 0 Å². The van der Waals surface area contributed by atoms with E-state index in [9.17, 15) is 9.59 Å². The molecule has 0 spiro atoms. The third-order valence-corrected chi connectivity index (χ3v) is 3.19. The molecule has 1 aliphatic heterocycles. The summed E-state index contributed by atoms with van der Waals surface area (Å²) in [7, 11) is 1.56. The molecule has 0 aliphatic carbocycles. The predicted molar refractivity (Wildman–Crippen MR) is 68.2 cm³/mol. The minimum atomic E-state index is -0.573. The number of carbonyl (C=O) groups excluding carboxylic acids is 2. The summed E-state index contributed by atoms with van der Waals surface area (Å²) >= 11 is 0. The zero-order valence-corrected chi connectivity index (χ0v) is 10.9. The molecule has 0 saturated heterocycles. The van der Waals surface area contributed by atoms with Crippen LogP contribution in [0.25, 0.3) is 0 Å². The van der Waals surface area contributed by atoms with Gasteiger partial charge in [0.2, 0.25) is 12.7 Å². The molecule has 0 unspecified atom stereocenters. The number of hydrogen-bond donors (Lipinski definition) is 1. The molecule has 2 rings (SSSR count). The molecular weight excluding hydrogens is 248 g/mol. The molecule has 1 aromatic carbocycles. The number of carbonyl (C=O) groups is 2. The van der Waals surface area contributed by atoms with Crippen LogP contribution in [0.1, 0.15) is 17.3 Å². The average Bonchev–Trinajstić information content (AvgIpc) is 2.91. The molecule has 1 amide bonds. The summed E-state index contributed by atoms with van der Waals surface area (Å²) in [6.07, 6.45) is 0. The van der Waals surface area contributed by atoms with Crippen molar-refractivity contribution in [2.75, 3.05) is 20.4 Å². The Morgan fingerprint density at radius 3 is 2.74 bits per heavy atom. The minimum Gasteiger partial charge on any atom is -0.454 e. The van der Waals surface area contributed by atoms with Gasteiger partial charge in [0.15, 0.2) is 17.3 Å². The molecule has 0 saturated carbocycles. The number of amides is 1. The number of rotatable bonds is 4. The fraction of sp³-hybridized carbons (Fsp3) is 0.385. The molecule has 1 heterocycles. The molecule has 102 valence electrons. The Morgan fingerprint density at radius 2 is 2.05 bits per heavy atom. The Morgan fingerprint density at radius 1 is 1.37 bits per heavy atom. The van der Waals surface area contributed by atoms with Gasteiger partial charge in [0, 0.05) is 12.6 Å². The van der Waals surface area contributed by atoms with E-state index in [-0.39, 0.29) is 25.0 Å². The number of benzene rings is 1.